The van der Waals surface area contributed by atoms with Gasteiger partial charge in [0.05, 0.1) is 5.56 Å². The molecule has 130 valence electrons. The van der Waals surface area contributed by atoms with E-state index in [0.29, 0.717) is 17.3 Å². The van der Waals surface area contributed by atoms with Gasteiger partial charge in [-0.2, -0.15) is 13.2 Å². The lowest BCUT2D eigenvalue weighted by atomic mass is 10.2. The van der Waals surface area contributed by atoms with Gasteiger partial charge in [0.25, 0.3) is 0 Å². The van der Waals surface area contributed by atoms with Crippen molar-refractivity contribution in [3.63, 3.8) is 0 Å². The van der Waals surface area contributed by atoms with Crippen LogP contribution in [0.25, 0.3) is 11.5 Å². The molecule has 0 fully saturated rings. The summed E-state index contributed by atoms with van der Waals surface area (Å²) in [6, 6.07) is 5.40. The zero-order valence-electron chi connectivity index (χ0n) is 13.8. The summed E-state index contributed by atoms with van der Waals surface area (Å²) in [5.41, 5.74) is 0.666. The van der Waals surface area contributed by atoms with Crippen molar-refractivity contribution in [3.8, 4) is 11.5 Å². The molecule has 0 aliphatic carbocycles. The molecule has 6 nitrogen and oxygen atoms in total. The van der Waals surface area contributed by atoms with Gasteiger partial charge >= 0.3 is 6.18 Å². The van der Waals surface area contributed by atoms with Crippen molar-refractivity contribution >= 4 is 11.6 Å². The minimum absolute atomic E-state index is 0.0630. The van der Waals surface area contributed by atoms with Gasteiger partial charge < -0.3 is 9.88 Å². The second-order valence-corrected chi connectivity index (χ2v) is 5.60. The van der Waals surface area contributed by atoms with Crippen molar-refractivity contribution in [2.75, 3.05) is 5.32 Å². The maximum absolute atomic E-state index is 12.8. The quantitative estimate of drug-likeness (QED) is 0.782. The second-order valence-electron chi connectivity index (χ2n) is 5.60. The van der Waals surface area contributed by atoms with Crippen molar-refractivity contribution in [3.05, 3.63) is 47.4 Å². The number of aromatic nitrogens is 5. The molecule has 0 spiro atoms. The Kier molecular flexibility index (Phi) is 4.15. The number of hydrogen-bond acceptors (Lipinski definition) is 5. The smallest absolute Gasteiger partial charge is 0.325 e. The van der Waals surface area contributed by atoms with Gasteiger partial charge in [0, 0.05) is 13.2 Å². The van der Waals surface area contributed by atoms with Crippen molar-refractivity contribution in [1.29, 1.82) is 0 Å². The number of aryl methyl sites for hydroxylation is 2. The van der Waals surface area contributed by atoms with Crippen LogP contribution in [-0.2, 0) is 13.2 Å². The minimum Gasteiger partial charge on any atom is -0.325 e. The van der Waals surface area contributed by atoms with E-state index in [1.165, 1.54) is 0 Å². The molecule has 0 bridgehead atoms. The van der Waals surface area contributed by atoms with Crippen molar-refractivity contribution in [2.24, 2.45) is 7.05 Å². The molecule has 9 heteroatoms. The predicted octanol–water partition coefficient (Wildman–Crippen LogP) is 3.65. The molecule has 3 heterocycles. The normalized spacial score (nSPS) is 11.6. The zero-order chi connectivity index (χ0) is 18.2. The molecule has 3 rings (SSSR count). The predicted molar refractivity (Wildman–Crippen MR) is 86.2 cm³/mol. The van der Waals surface area contributed by atoms with Gasteiger partial charge in [-0.1, -0.05) is 0 Å². The van der Waals surface area contributed by atoms with E-state index in [0.717, 1.165) is 29.7 Å². The molecule has 0 aliphatic rings. The van der Waals surface area contributed by atoms with E-state index in [2.05, 4.69) is 25.5 Å². The van der Waals surface area contributed by atoms with Crippen LogP contribution in [0.4, 0.5) is 24.8 Å². The summed E-state index contributed by atoms with van der Waals surface area (Å²) in [4.78, 5) is 8.33. The average Bonchev–Trinajstić information content (AvgIpc) is 2.86. The third kappa shape index (κ3) is 3.59. The lowest BCUT2D eigenvalue weighted by Gasteiger charge is -2.11. The molecule has 1 N–H and O–H groups in total. The van der Waals surface area contributed by atoms with Crippen LogP contribution in [-0.4, -0.2) is 24.7 Å². The summed E-state index contributed by atoms with van der Waals surface area (Å²) < 4.78 is 40.2. The summed E-state index contributed by atoms with van der Waals surface area (Å²) in [6.07, 6.45) is -3.32. The monoisotopic (exact) mass is 348 g/mol. The molecule has 0 radical (unpaired) electrons. The molecule has 25 heavy (non-hydrogen) atoms. The Labute approximate surface area is 141 Å². The average molecular weight is 348 g/mol. The van der Waals surface area contributed by atoms with Crippen LogP contribution in [0.2, 0.25) is 0 Å². The molecule has 0 saturated carbocycles. The molecule has 0 atom stereocenters. The Morgan fingerprint density at radius 3 is 2.44 bits per heavy atom. The van der Waals surface area contributed by atoms with Crippen LogP contribution in [0.15, 0.2) is 30.5 Å². The second kappa shape index (κ2) is 6.15. The zero-order valence-corrected chi connectivity index (χ0v) is 13.8. The topological polar surface area (TPSA) is 68.5 Å². The van der Waals surface area contributed by atoms with Crippen LogP contribution < -0.4 is 5.32 Å². The SMILES string of the molecule is Cc1cc(Nc2cc(C(F)(F)F)ccn2)nc(-c2nnc(C)n2C)c1. The first kappa shape index (κ1) is 16.9. The van der Waals surface area contributed by atoms with Crippen LogP contribution in [0.3, 0.4) is 0 Å². The number of hydrogen-bond donors (Lipinski definition) is 1. The Morgan fingerprint density at radius 2 is 1.80 bits per heavy atom. The number of nitrogens with zero attached hydrogens (tertiary/aromatic N) is 5. The molecular weight excluding hydrogens is 333 g/mol. The van der Waals surface area contributed by atoms with Crippen LogP contribution in [0, 0.1) is 13.8 Å². The van der Waals surface area contributed by atoms with Gasteiger partial charge in [-0.3, -0.25) is 0 Å². The fourth-order valence-electron chi connectivity index (χ4n) is 2.28. The van der Waals surface area contributed by atoms with Crippen molar-refractivity contribution < 1.29 is 13.2 Å². The van der Waals surface area contributed by atoms with E-state index >= 15 is 0 Å². The largest absolute Gasteiger partial charge is 0.416 e. The number of alkyl halides is 3. The van der Waals surface area contributed by atoms with Gasteiger partial charge in [0.15, 0.2) is 5.82 Å². The standard InChI is InChI=1S/C16H15F3N6/c1-9-6-12(15-24-23-10(2)25(15)3)21-14(7-9)22-13-8-11(4-5-20-13)16(17,18)19/h4-8H,1-3H3,(H,20,21,22). The Hall–Kier alpha value is -2.97. The molecule has 0 amide bonds. The summed E-state index contributed by atoms with van der Waals surface area (Å²) in [6.45, 7) is 3.68. The third-order valence-corrected chi connectivity index (χ3v) is 3.63. The van der Waals surface area contributed by atoms with Gasteiger partial charge in [0.2, 0.25) is 0 Å². The lowest BCUT2D eigenvalue weighted by molar-refractivity contribution is -0.137. The molecular formula is C16H15F3N6. The fraction of sp³-hybridized carbons (Fsp3) is 0.250. The summed E-state index contributed by atoms with van der Waals surface area (Å²) >= 11 is 0. The van der Waals surface area contributed by atoms with Crippen molar-refractivity contribution in [1.82, 2.24) is 24.7 Å². The Morgan fingerprint density at radius 1 is 1.04 bits per heavy atom. The third-order valence-electron chi connectivity index (χ3n) is 3.63. The summed E-state index contributed by atoms with van der Waals surface area (Å²) in [7, 11) is 1.82. The number of halogens is 3. The number of rotatable bonds is 3. The van der Waals surface area contributed by atoms with E-state index in [1.807, 2.05) is 27.0 Å². The first-order valence-corrected chi connectivity index (χ1v) is 7.39. The Bertz CT molecular complexity index is 916. The van der Waals surface area contributed by atoms with Crippen LogP contribution >= 0.6 is 0 Å². The highest BCUT2D eigenvalue weighted by atomic mass is 19.4. The van der Waals surface area contributed by atoms with Gasteiger partial charge in [0.1, 0.15) is 23.2 Å². The fourth-order valence-corrected chi connectivity index (χ4v) is 2.28. The highest BCUT2D eigenvalue weighted by Crippen LogP contribution is 2.30. The minimum atomic E-state index is -4.43. The van der Waals surface area contributed by atoms with Gasteiger partial charge in [-0.15, -0.1) is 10.2 Å². The molecule has 0 saturated heterocycles. The van der Waals surface area contributed by atoms with E-state index in [4.69, 9.17) is 0 Å². The van der Waals surface area contributed by atoms with Crippen LogP contribution in [0.5, 0.6) is 0 Å². The van der Waals surface area contributed by atoms with Crippen molar-refractivity contribution in [2.45, 2.75) is 20.0 Å². The Balaban J connectivity index is 1.95. The lowest BCUT2D eigenvalue weighted by Crippen LogP contribution is -2.07. The number of nitrogens with one attached hydrogen (secondary N) is 1. The first-order valence-electron chi connectivity index (χ1n) is 7.39. The maximum atomic E-state index is 12.8. The summed E-state index contributed by atoms with van der Waals surface area (Å²) in [5.74, 6) is 1.74. The first-order chi connectivity index (χ1) is 11.7. The van der Waals surface area contributed by atoms with E-state index < -0.39 is 11.7 Å². The summed E-state index contributed by atoms with van der Waals surface area (Å²) in [5, 5.41) is 10.9. The number of pyridine rings is 2. The number of anilines is 2. The highest BCUT2D eigenvalue weighted by Gasteiger charge is 2.30. The molecule has 0 aliphatic heterocycles. The maximum Gasteiger partial charge on any atom is 0.416 e. The van der Waals surface area contributed by atoms with Gasteiger partial charge in [-0.25, -0.2) is 9.97 Å². The van der Waals surface area contributed by atoms with Gasteiger partial charge in [-0.05, 0) is 43.7 Å². The van der Waals surface area contributed by atoms with Crippen LogP contribution in [0.1, 0.15) is 17.0 Å². The van der Waals surface area contributed by atoms with E-state index in [9.17, 15) is 13.2 Å². The molecule has 0 unspecified atom stereocenters. The van der Waals surface area contributed by atoms with E-state index in [1.54, 1.807) is 10.6 Å². The highest BCUT2D eigenvalue weighted by molar-refractivity contribution is 5.60. The molecule has 3 aromatic heterocycles. The van der Waals surface area contributed by atoms with E-state index in [-0.39, 0.29) is 5.82 Å². The molecule has 3 aromatic rings. The molecule has 0 aromatic carbocycles.